The minimum atomic E-state index is 0.210. The maximum absolute atomic E-state index is 12.2. The number of amides is 1. The maximum atomic E-state index is 12.2. The summed E-state index contributed by atoms with van der Waals surface area (Å²) < 4.78 is 0. The highest BCUT2D eigenvalue weighted by Crippen LogP contribution is 2.21. The maximum Gasteiger partial charge on any atom is 0.234 e. The molecule has 1 saturated heterocycles. The summed E-state index contributed by atoms with van der Waals surface area (Å²) in [6.45, 7) is 4.50. The lowest BCUT2D eigenvalue weighted by molar-refractivity contribution is -0.124. The zero-order chi connectivity index (χ0) is 14.4. The van der Waals surface area contributed by atoms with Gasteiger partial charge in [0.2, 0.25) is 5.91 Å². The second-order valence-electron chi connectivity index (χ2n) is 6.71. The second-order valence-corrected chi connectivity index (χ2v) is 6.71. The SMILES string of the molecule is CC1CCC(CN)CN1CC(=O)NC1CCCCCC1. The zero-order valence-corrected chi connectivity index (χ0v) is 12.9. The standard InChI is InChI=1S/C16H31N3O/c1-13-8-9-14(10-17)11-19(13)12-16(20)18-15-6-4-2-3-5-7-15/h13-15H,2-12,17H2,1H3,(H,18,20). The van der Waals surface area contributed by atoms with Crippen LogP contribution in [-0.4, -0.2) is 42.5 Å². The van der Waals surface area contributed by atoms with Crippen molar-refractivity contribution >= 4 is 5.91 Å². The van der Waals surface area contributed by atoms with Crippen molar-refractivity contribution < 1.29 is 4.79 Å². The first-order chi connectivity index (χ1) is 9.69. The number of hydrogen-bond donors (Lipinski definition) is 2. The molecule has 1 aliphatic carbocycles. The van der Waals surface area contributed by atoms with Gasteiger partial charge in [-0.25, -0.2) is 0 Å². The van der Waals surface area contributed by atoms with E-state index < -0.39 is 0 Å². The number of hydrogen-bond acceptors (Lipinski definition) is 3. The third-order valence-electron chi connectivity index (χ3n) is 5.01. The van der Waals surface area contributed by atoms with Crippen molar-refractivity contribution in [2.45, 2.75) is 70.4 Å². The lowest BCUT2D eigenvalue weighted by Crippen LogP contribution is -2.49. The molecule has 1 saturated carbocycles. The highest BCUT2D eigenvalue weighted by Gasteiger charge is 2.26. The first-order valence-electron chi connectivity index (χ1n) is 8.42. The number of carbonyl (C=O) groups is 1. The Balaban J connectivity index is 1.77. The van der Waals surface area contributed by atoms with E-state index in [1.807, 2.05) is 0 Å². The summed E-state index contributed by atoms with van der Waals surface area (Å²) in [6.07, 6.45) is 9.87. The van der Waals surface area contributed by atoms with Gasteiger partial charge in [0.25, 0.3) is 0 Å². The molecule has 0 aromatic carbocycles. The van der Waals surface area contributed by atoms with E-state index in [9.17, 15) is 4.79 Å². The molecule has 0 radical (unpaired) electrons. The van der Waals surface area contributed by atoms with E-state index in [0.29, 0.717) is 24.5 Å². The fourth-order valence-corrected chi connectivity index (χ4v) is 3.56. The molecule has 3 N–H and O–H groups in total. The van der Waals surface area contributed by atoms with Gasteiger partial charge in [0.05, 0.1) is 6.54 Å². The molecule has 0 aromatic heterocycles. The molecule has 1 aliphatic heterocycles. The molecule has 2 aliphatic rings. The van der Waals surface area contributed by atoms with Crippen molar-refractivity contribution in [3.05, 3.63) is 0 Å². The van der Waals surface area contributed by atoms with E-state index in [-0.39, 0.29) is 5.91 Å². The molecule has 0 spiro atoms. The van der Waals surface area contributed by atoms with Crippen LogP contribution in [0.15, 0.2) is 0 Å². The summed E-state index contributed by atoms with van der Waals surface area (Å²) in [4.78, 5) is 14.6. The van der Waals surface area contributed by atoms with Crippen molar-refractivity contribution in [1.29, 1.82) is 0 Å². The van der Waals surface area contributed by atoms with Crippen LogP contribution in [0.25, 0.3) is 0 Å². The topological polar surface area (TPSA) is 58.4 Å². The van der Waals surface area contributed by atoms with Crippen LogP contribution >= 0.6 is 0 Å². The Labute approximate surface area is 123 Å². The van der Waals surface area contributed by atoms with Crippen molar-refractivity contribution in [2.24, 2.45) is 11.7 Å². The first-order valence-corrected chi connectivity index (χ1v) is 8.42. The van der Waals surface area contributed by atoms with E-state index in [0.717, 1.165) is 25.9 Å². The number of nitrogens with zero attached hydrogens (tertiary/aromatic N) is 1. The summed E-state index contributed by atoms with van der Waals surface area (Å²) in [7, 11) is 0. The predicted octanol–water partition coefficient (Wildman–Crippen LogP) is 1.88. The number of rotatable bonds is 4. The highest BCUT2D eigenvalue weighted by molar-refractivity contribution is 5.78. The van der Waals surface area contributed by atoms with Crippen LogP contribution in [-0.2, 0) is 4.79 Å². The van der Waals surface area contributed by atoms with Crippen LogP contribution in [0.5, 0.6) is 0 Å². The highest BCUT2D eigenvalue weighted by atomic mass is 16.2. The number of carbonyl (C=O) groups excluding carboxylic acids is 1. The van der Waals surface area contributed by atoms with E-state index >= 15 is 0 Å². The lowest BCUT2D eigenvalue weighted by atomic mass is 9.93. The molecule has 4 nitrogen and oxygen atoms in total. The molecule has 1 heterocycles. The van der Waals surface area contributed by atoms with Gasteiger partial charge in [0.15, 0.2) is 0 Å². The van der Waals surface area contributed by atoms with Gasteiger partial charge in [-0.05, 0) is 45.1 Å². The van der Waals surface area contributed by atoms with Gasteiger partial charge in [-0.2, -0.15) is 0 Å². The monoisotopic (exact) mass is 281 g/mol. The van der Waals surface area contributed by atoms with Gasteiger partial charge in [-0.15, -0.1) is 0 Å². The average molecular weight is 281 g/mol. The van der Waals surface area contributed by atoms with Gasteiger partial charge in [-0.3, -0.25) is 9.69 Å². The smallest absolute Gasteiger partial charge is 0.234 e. The molecule has 0 bridgehead atoms. The average Bonchev–Trinajstić information content (AvgIpc) is 2.70. The molecule has 1 amide bonds. The minimum Gasteiger partial charge on any atom is -0.352 e. The second kappa shape index (κ2) is 7.99. The van der Waals surface area contributed by atoms with Crippen molar-refractivity contribution in [3.8, 4) is 0 Å². The fourth-order valence-electron chi connectivity index (χ4n) is 3.56. The van der Waals surface area contributed by atoms with Gasteiger partial charge < -0.3 is 11.1 Å². The molecular weight excluding hydrogens is 250 g/mol. The third-order valence-corrected chi connectivity index (χ3v) is 5.01. The first kappa shape index (κ1) is 15.8. The van der Waals surface area contributed by atoms with E-state index in [1.54, 1.807) is 0 Å². The van der Waals surface area contributed by atoms with Crippen LogP contribution in [0.3, 0.4) is 0 Å². The number of likely N-dealkylation sites (tertiary alicyclic amines) is 1. The number of piperidine rings is 1. The Kier molecular flexibility index (Phi) is 6.30. The van der Waals surface area contributed by atoms with Crippen LogP contribution in [0.2, 0.25) is 0 Å². The Morgan fingerprint density at radius 2 is 1.85 bits per heavy atom. The Hall–Kier alpha value is -0.610. The Morgan fingerprint density at radius 3 is 2.50 bits per heavy atom. The normalized spacial score (nSPS) is 29.9. The Morgan fingerprint density at radius 1 is 1.15 bits per heavy atom. The molecule has 0 aromatic rings. The van der Waals surface area contributed by atoms with E-state index in [1.165, 1.54) is 38.5 Å². The predicted molar refractivity (Wildman–Crippen MR) is 82.4 cm³/mol. The molecule has 2 fully saturated rings. The summed E-state index contributed by atoms with van der Waals surface area (Å²) in [5.41, 5.74) is 5.78. The molecule has 20 heavy (non-hydrogen) atoms. The van der Waals surface area contributed by atoms with Crippen LogP contribution < -0.4 is 11.1 Å². The zero-order valence-electron chi connectivity index (χ0n) is 12.9. The third kappa shape index (κ3) is 4.74. The van der Waals surface area contributed by atoms with Gasteiger partial charge in [0, 0.05) is 18.6 Å². The molecular formula is C16H31N3O. The van der Waals surface area contributed by atoms with Crippen molar-refractivity contribution in [2.75, 3.05) is 19.6 Å². The summed E-state index contributed by atoms with van der Waals surface area (Å²) in [5, 5.41) is 3.25. The van der Waals surface area contributed by atoms with Gasteiger partial charge in [0.1, 0.15) is 0 Å². The molecule has 2 unspecified atom stereocenters. The van der Waals surface area contributed by atoms with E-state index in [2.05, 4.69) is 17.1 Å². The van der Waals surface area contributed by atoms with Gasteiger partial charge >= 0.3 is 0 Å². The van der Waals surface area contributed by atoms with Crippen LogP contribution in [0.1, 0.15) is 58.3 Å². The van der Waals surface area contributed by atoms with E-state index in [4.69, 9.17) is 5.73 Å². The largest absolute Gasteiger partial charge is 0.352 e. The molecule has 116 valence electrons. The number of nitrogens with two attached hydrogens (primary N) is 1. The lowest BCUT2D eigenvalue weighted by Gasteiger charge is -2.37. The molecule has 2 rings (SSSR count). The van der Waals surface area contributed by atoms with Crippen molar-refractivity contribution in [1.82, 2.24) is 10.2 Å². The summed E-state index contributed by atoms with van der Waals surface area (Å²) in [5.74, 6) is 0.776. The van der Waals surface area contributed by atoms with Crippen molar-refractivity contribution in [3.63, 3.8) is 0 Å². The molecule has 2 atom stereocenters. The molecule has 4 heteroatoms. The fraction of sp³-hybridized carbons (Fsp3) is 0.938. The summed E-state index contributed by atoms with van der Waals surface area (Å²) in [6, 6.07) is 0.924. The number of nitrogens with one attached hydrogen (secondary N) is 1. The Bertz CT molecular complexity index is 300. The van der Waals surface area contributed by atoms with Crippen LogP contribution in [0, 0.1) is 5.92 Å². The quantitative estimate of drug-likeness (QED) is 0.774. The van der Waals surface area contributed by atoms with Crippen LogP contribution in [0.4, 0.5) is 0 Å². The van der Waals surface area contributed by atoms with Gasteiger partial charge in [-0.1, -0.05) is 25.7 Å². The summed E-state index contributed by atoms with van der Waals surface area (Å²) >= 11 is 0. The minimum absolute atomic E-state index is 0.210.